The van der Waals surface area contributed by atoms with Crippen LogP contribution in [0.3, 0.4) is 0 Å². The number of methoxy groups -OCH3 is 2. The zero-order chi connectivity index (χ0) is 28.1. The molecule has 4 rings (SSSR count). The first-order valence-corrected chi connectivity index (χ1v) is 12.8. The van der Waals surface area contributed by atoms with Crippen molar-refractivity contribution in [1.29, 1.82) is 0 Å². The van der Waals surface area contributed by atoms with Gasteiger partial charge in [0, 0.05) is 11.3 Å². The first kappa shape index (κ1) is 27.6. The molecule has 1 amide bonds. The first-order valence-electron chi connectivity index (χ1n) is 12.8. The van der Waals surface area contributed by atoms with Gasteiger partial charge < -0.3 is 24.1 Å². The van der Waals surface area contributed by atoms with Crippen molar-refractivity contribution in [2.45, 2.75) is 33.2 Å². The number of aliphatic hydroxyl groups excluding tert-OH is 1. The number of nitrogens with zero attached hydrogens (tertiary/aromatic N) is 1. The maximum Gasteiger partial charge on any atom is 0.300 e. The number of hydrogen-bond donors (Lipinski definition) is 1. The molecule has 0 aliphatic carbocycles. The number of rotatable bonds is 10. The van der Waals surface area contributed by atoms with Crippen LogP contribution in [-0.2, 0) is 9.59 Å². The van der Waals surface area contributed by atoms with E-state index in [1.54, 1.807) is 67.8 Å². The number of carbonyl (C=O) groups excluding carboxylic acids is 2. The summed E-state index contributed by atoms with van der Waals surface area (Å²) in [6.07, 6.45) is 0.863. The quantitative estimate of drug-likeness (QED) is 0.200. The lowest BCUT2D eigenvalue weighted by Gasteiger charge is -2.26. The van der Waals surface area contributed by atoms with Crippen LogP contribution in [0.15, 0.2) is 66.2 Å². The average molecular weight is 532 g/mol. The molecule has 1 heterocycles. The number of benzene rings is 3. The fraction of sp³-hybridized carbons (Fsp3) is 0.290. The predicted molar refractivity (Wildman–Crippen MR) is 149 cm³/mol. The molecule has 0 aromatic heterocycles. The molecule has 3 aromatic carbocycles. The van der Waals surface area contributed by atoms with E-state index < -0.39 is 17.7 Å². The summed E-state index contributed by atoms with van der Waals surface area (Å²) < 4.78 is 22.2. The summed E-state index contributed by atoms with van der Waals surface area (Å²) in [4.78, 5) is 28.4. The number of aryl methyl sites for hydroxylation is 1. The number of aliphatic hydroxyl groups is 1. The summed E-state index contributed by atoms with van der Waals surface area (Å²) in [7, 11) is 3.09. The van der Waals surface area contributed by atoms with Crippen LogP contribution in [0.2, 0.25) is 0 Å². The van der Waals surface area contributed by atoms with E-state index in [4.69, 9.17) is 18.9 Å². The Morgan fingerprint density at radius 1 is 0.872 bits per heavy atom. The molecule has 1 aliphatic heterocycles. The maximum atomic E-state index is 13.5. The molecule has 8 nitrogen and oxygen atoms in total. The Morgan fingerprint density at radius 3 is 2.21 bits per heavy atom. The summed E-state index contributed by atoms with van der Waals surface area (Å²) in [5.41, 5.74) is 2.25. The third kappa shape index (κ3) is 5.41. The summed E-state index contributed by atoms with van der Waals surface area (Å²) in [5, 5.41) is 11.5. The molecule has 39 heavy (non-hydrogen) atoms. The highest BCUT2D eigenvalue weighted by Gasteiger charge is 2.47. The minimum atomic E-state index is -0.917. The molecular weight excluding hydrogens is 498 g/mol. The van der Waals surface area contributed by atoms with Gasteiger partial charge in [-0.15, -0.1) is 0 Å². The van der Waals surface area contributed by atoms with Gasteiger partial charge in [-0.2, -0.15) is 0 Å². The number of anilines is 1. The van der Waals surface area contributed by atoms with Crippen molar-refractivity contribution in [3.8, 4) is 23.0 Å². The lowest BCUT2D eigenvalue weighted by Crippen LogP contribution is -2.29. The Labute approximate surface area is 228 Å². The number of Topliss-reactive ketones (excluding diaryl/α,β-unsaturated/α-hetero) is 1. The molecule has 0 spiro atoms. The number of hydrogen-bond acceptors (Lipinski definition) is 7. The number of amides is 1. The fourth-order valence-corrected chi connectivity index (χ4v) is 4.61. The molecular formula is C31H33NO7. The van der Waals surface area contributed by atoms with Crippen LogP contribution in [0.4, 0.5) is 5.69 Å². The van der Waals surface area contributed by atoms with Gasteiger partial charge >= 0.3 is 0 Å². The normalized spacial score (nSPS) is 16.3. The topological polar surface area (TPSA) is 94.5 Å². The minimum absolute atomic E-state index is 0.0231. The smallest absolute Gasteiger partial charge is 0.300 e. The van der Waals surface area contributed by atoms with Gasteiger partial charge in [0.2, 0.25) is 0 Å². The summed E-state index contributed by atoms with van der Waals surface area (Å²) in [6, 6.07) is 16.3. The second-order valence-electron chi connectivity index (χ2n) is 9.04. The monoisotopic (exact) mass is 531 g/mol. The standard InChI is InChI=1S/C31H33NO7/c1-6-16-39-24-14-9-21(17-19(24)3)29(33)27-28(20-8-15-25(37-5)26(18-20)38-7-2)32(31(35)30(27)34)22-10-12-23(36-4)13-11-22/h8-15,17-18,28,33H,6-7,16H2,1-5H3/b29-27-. The third-order valence-corrected chi connectivity index (χ3v) is 6.51. The Morgan fingerprint density at radius 2 is 1.59 bits per heavy atom. The molecule has 0 bridgehead atoms. The molecule has 0 radical (unpaired) electrons. The molecule has 1 fully saturated rings. The van der Waals surface area contributed by atoms with Crippen molar-refractivity contribution >= 4 is 23.1 Å². The van der Waals surface area contributed by atoms with E-state index in [1.165, 1.54) is 12.0 Å². The molecule has 1 saturated heterocycles. The van der Waals surface area contributed by atoms with Gasteiger partial charge in [-0.25, -0.2) is 0 Å². The number of carbonyl (C=O) groups is 2. The number of ketones is 1. The zero-order valence-corrected chi connectivity index (χ0v) is 22.8. The second kappa shape index (κ2) is 11.9. The molecule has 1 N–H and O–H groups in total. The van der Waals surface area contributed by atoms with Crippen LogP contribution >= 0.6 is 0 Å². The molecule has 204 valence electrons. The van der Waals surface area contributed by atoms with Crippen molar-refractivity contribution < 1.29 is 33.6 Å². The largest absolute Gasteiger partial charge is 0.507 e. The van der Waals surface area contributed by atoms with Gasteiger partial charge in [-0.1, -0.05) is 13.0 Å². The van der Waals surface area contributed by atoms with Crippen LogP contribution < -0.4 is 23.8 Å². The van der Waals surface area contributed by atoms with Crippen LogP contribution in [-0.4, -0.2) is 44.2 Å². The highest BCUT2D eigenvalue weighted by molar-refractivity contribution is 6.51. The highest BCUT2D eigenvalue weighted by atomic mass is 16.5. The molecule has 0 saturated carbocycles. The predicted octanol–water partition coefficient (Wildman–Crippen LogP) is 5.83. The zero-order valence-electron chi connectivity index (χ0n) is 22.8. The number of ether oxygens (including phenoxy) is 4. The Kier molecular flexibility index (Phi) is 8.44. The third-order valence-electron chi connectivity index (χ3n) is 6.51. The molecule has 3 aromatic rings. The fourth-order valence-electron chi connectivity index (χ4n) is 4.61. The molecule has 8 heteroatoms. The lowest BCUT2D eigenvalue weighted by molar-refractivity contribution is -0.132. The van der Waals surface area contributed by atoms with Crippen molar-refractivity contribution in [3.05, 3.63) is 82.9 Å². The lowest BCUT2D eigenvalue weighted by atomic mass is 9.94. The SMILES string of the molecule is CCCOc1ccc(/C(O)=C2/C(=O)C(=O)N(c3ccc(OC)cc3)C2c2ccc(OC)c(OCC)c2)cc1C. The van der Waals surface area contributed by atoms with Gasteiger partial charge in [0.25, 0.3) is 11.7 Å². The van der Waals surface area contributed by atoms with Gasteiger partial charge in [0.15, 0.2) is 11.5 Å². The Balaban J connectivity index is 1.90. The van der Waals surface area contributed by atoms with E-state index >= 15 is 0 Å². The van der Waals surface area contributed by atoms with Crippen molar-refractivity contribution in [2.24, 2.45) is 0 Å². The first-order chi connectivity index (χ1) is 18.8. The average Bonchev–Trinajstić information content (AvgIpc) is 3.22. The van der Waals surface area contributed by atoms with E-state index in [1.807, 2.05) is 20.8 Å². The van der Waals surface area contributed by atoms with Crippen LogP contribution in [0.5, 0.6) is 23.0 Å². The summed E-state index contributed by atoms with van der Waals surface area (Å²) >= 11 is 0. The van der Waals surface area contributed by atoms with E-state index in [0.29, 0.717) is 53.0 Å². The maximum absolute atomic E-state index is 13.5. The minimum Gasteiger partial charge on any atom is -0.507 e. The summed E-state index contributed by atoms with van der Waals surface area (Å²) in [6.45, 7) is 6.70. The van der Waals surface area contributed by atoms with Gasteiger partial charge in [-0.3, -0.25) is 14.5 Å². The highest BCUT2D eigenvalue weighted by Crippen LogP contribution is 2.44. The van der Waals surface area contributed by atoms with E-state index in [2.05, 4.69) is 0 Å². The van der Waals surface area contributed by atoms with Crippen LogP contribution in [0.25, 0.3) is 5.76 Å². The van der Waals surface area contributed by atoms with Crippen LogP contribution in [0.1, 0.15) is 43.0 Å². The summed E-state index contributed by atoms with van der Waals surface area (Å²) in [5.74, 6) is 0.474. The van der Waals surface area contributed by atoms with Crippen molar-refractivity contribution in [2.75, 3.05) is 32.3 Å². The molecule has 1 aliphatic rings. The van der Waals surface area contributed by atoms with Gasteiger partial charge in [0.05, 0.1) is 39.0 Å². The Hall–Kier alpha value is -4.46. The van der Waals surface area contributed by atoms with Crippen molar-refractivity contribution in [1.82, 2.24) is 0 Å². The second-order valence-corrected chi connectivity index (χ2v) is 9.04. The van der Waals surface area contributed by atoms with E-state index in [-0.39, 0.29) is 11.3 Å². The van der Waals surface area contributed by atoms with E-state index in [0.717, 1.165) is 12.0 Å². The van der Waals surface area contributed by atoms with E-state index in [9.17, 15) is 14.7 Å². The molecule has 1 atom stereocenters. The van der Waals surface area contributed by atoms with Gasteiger partial charge in [0.1, 0.15) is 17.3 Å². The van der Waals surface area contributed by atoms with Gasteiger partial charge in [-0.05, 0) is 86.0 Å². The Bertz CT molecular complexity index is 1390. The van der Waals surface area contributed by atoms with Crippen LogP contribution in [0, 0.1) is 6.92 Å². The van der Waals surface area contributed by atoms with Crippen molar-refractivity contribution in [3.63, 3.8) is 0 Å². The molecule has 1 unspecified atom stereocenters.